The average molecular weight is 299 g/mol. The molecule has 4 heteroatoms. The Morgan fingerprint density at radius 1 is 0.889 bits per heavy atom. The zero-order valence-corrected chi connectivity index (χ0v) is 6.96. The zero-order chi connectivity index (χ0) is 6.83. The zero-order valence-electron chi connectivity index (χ0n) is 4.56. The van der Waals surface area contributed by atoms with Gasteiger partial charge in [-0.05, 0) is 0 Å². The number of hydrogen-bond acceptors (Lipinski definition) is 0. The van der Waals surface area contributed by atoms with E-state index in [-0.39, 0.29) is 20.1 Å². The molecule has 0 spiro atoms. The van der Waals surface area contributed by atoms with Gasteiger partial charge in [-0.15, -0.1) is 0 Å². The normalized spacial score (nSPS) is 4.44. The van der Waals surface area contributed by atoms with Crippen LogP contribution >= 0.6 is 0 Å². The maximum absolute atomic E-state index is 7.57. The first kappa shape index (κ1) is 15.8. The van der Waals surface area contributed by atoms with Gasteiger partial charge in [-0.25, -0.2) is 12.4 Å². The van der Waals surface area contributed by atoms with Crippen molar-refractivity contribution >= 4 is 18.6 Å². The minimum absolute atomic E-state index is 0. The first-order valence-electron chi connectivity index (χ1n) is 1.77. The molecule has 0 aliphatic rings. The second kappa shape index (κ2) is 26.2. The molecule has 0 fully saturated rings. The van der Waals surface area contributed by atoms with Crippen LogP contribution in [0.1, 0.15) is 0 Å². The van der Waals surface area contributed by atoms with Gasteiger partial charge in [-0.2, -0.15) is 0 Å². The van der Waals surface area contributed by atoms with Gasteiger partial charge in [0.1, 0.15) is 0 Å². The van der Waals surface area contributed by atoms with Crippen LogP contribution in [-0.4, -0.2) is 18.6 Å². The molecule has 3 nitrogen and oxygen atoms in total. The number of allylic oxidation sites excluding steroid dienone is 1. The Kier molecular flexibility index (Phi) is 46.0. The fourth-order valence-corrected chi connectivity index (χ4v) is 0. The molecule has 0 heterocycles. The molecule has 0 rings (SSSR count). The average Bonchev–Trinajstić information content (AvgIpc) is 1.88. The third-order valence-electron chi connectivity index (χ3n) is 0.153. The van der Waals surface area contributed by atoms with E-state index < -0.39 is 0 Å². The van der Waals surface area contributed by atoms with Crippen LogP contribution in [0.2, 0.25) is 0 Å². The van der Waals surface area contributed by atoms with Crippen LogP contribution in [0, 0.1) is 6.58 Å². The summed E-state index contributed by atoms with van der Waals surface area (Å²) < 4.78 is 0. The summed E-state index contributed by atoms with van der Waals surface area (Å²) in [5.74, 6) is 0. The SMILES string of the molecule is [CH-]=CC=[N-].[Ir].[N-]=CC=[N-]. The van der Waals surface area contributed by atoms with Crippen LogP contribution in [-0.2, 0) is 20.1 Å². The predicted molar refractivity (Wildman–Crippen MR) is 37.1 cm³/mol. The van der Waals surface area contributed by atoms with E-state index in [9.17, 15) is 0 Å². The minimum atomic E-state index is 0. The first-order valence-corrected chi connectivity index (χ1v) is 1.77. The van der Waals surface area contributed by atoms with Gasteiger partial charge in [0, 0.05) is 20.1 Å². The van der Waals surface area contributed by atoms with Gasteiger partial charge in [0.05, 0.1) is 0 Å². The van der Waals surface area contributed by atoms with Crippen molar-refractivity contribution in [1.82, 2.24) is 0 Å². The summed E-state index contributed by atoms with van der Waals surface area (Å²) in [6.07, 6.45) is 2.94. The molecule has 0 amide bonds. The van der Waals surface area contributed by atoms with Gasteiger partial charge in [0.15, 0.2) is 0 Å². The Hall–Kier alpha value is -0.601. The van der Waals surface area contributed by atoms with Crippen molar-refractivity contribution in [1.29, 1.82) is 0 Å². The van der Waals surface area contributed by atoms with E-state index in [4.69, 9.17) is 16.2 Å². The van der Waals surface area contributed by atoms with Gasteiger partial charge in [-0.1, -0.05) is 0 Å². The van der Waals surface area contributed by atoms with Crippen molar-refractivity contribution in [3.8, 4) is 0 Å². The Labute approximate surface area is 68.0 Å². The van der Waals surface area contributed by atoms with Crippen molar-refractivity contribution in [2.45, 2.75) is 0 Å². The Morgan fingerprint density at radius 3 is 1.11 bits per heavy atom. The standard InChI is InChI=1S/C3H3N.C2H2N2.Ir/c1-2-3-4;3-1-2-4;/h1-3H;1-2H;/q2*-2;. The van der Waals surface area contributed by atoms with Crippen LogP contribution in [0.25, 0.3) is 16.2 Å². The van der Waals surface area contributed by atoms with E-state index in [1.807, 2.05) is 0 Å². The summed E-state index contributed by atoms with van der Waals surface area (Å²) in [4.78, 5) is 0. The summed E-state index contributed by atoms with van der Waals surface area (Å²) in [5.41, 5.74) is 0. The number of rotatable bonds is 2. The van der Waals surface area contributed by atoms with E-state index in [0.717, 1.165) is 12.3 Å². The molecular formula is C5H5IrN3-4. The topological polar surface area (TPSA) is 66.9 Å². The van der Waals surface area contributed by atoms with Crippen molar-refractivity contribution in [3.63, 3.8) is 0 Å². The summed E-state index contributed by atoms with van der Waals surface area (Å²) in [7, 11) is 0. The smallest absolute Gasteiger partial charge is 0 e. The summed E-state index contributed by atoms with van der Waals surface area (Å²) in [6, 6.07) is 0. The molecule has 0 aliphatic carbocycles. The molecule has 53 valence electrons. The molecule has 0 aromatic heterocycles. The number of hydrogen-bond donors (Lipinski definition) is 0. The fraction of sp³-hybridized carbons (Fsp3) is 0. The fourth-order valence-electron chi connectivity index (χ4n) is 0. The largest absolute Gasteiger partial charge is 0.911 e. The van der Waals surface area contributed by atoms with E-state index in [1.165, 1.54) is 0 Å². The molecule has 0 aromatic rings. The Morgan fingerprint density at radius 2 is 1.11 bits per heavy atom. The molecule has 9 heavy (non-hydrogen) atoms. The van der Waals surface area contributed by atoms with Crippen molar-refractivity contribution < 1.29 is 20.1 Å². The molecular weight excluding hydrogens is 294 g/mol. The minimum Gasteiger partial charge on any atom is -0.911 e. The van der Waals surface area contributed by atoms with Crippen molar-refractivity contribution in [2.24, 2.45) is 0 Å². The molecule has 0 aromatic carbocycles. The first-order chi connectivity index (χ1) is 3.83. The summed E-state index contributed by atoms with van der Waals surface area (Å²) in [5, 5.41) is 22.5. The predicted octanol–water partition coefficient (Wildman–Crippen LogP) is 0.880. The monoisotopic (exact) mass is 300 g/mol. The summed E-state index contributed by atoms with van der Waals surface area (Å²) in [6.45, 7) is 4.60. The molecule has 1 radical (unpaired) electrons. The van der Waals surface area contributed by atoms with Gasteiger partial charge in [0.2, 0.25) is 0 Å². The van der Waals surface area contributed by atoms with Gasteiger partial charge < -0.3 is 22.4 Å². The van der Waals surface area contributed by atoms with Gasteiger partial charge >= 0.3 is 0 Å². The summed E-state index contributed by atoms with van der Waals surface area (Å²) >= 11 is 0. The van der Waals surface area contributed by atoms with Crippen molar-refractivity contribution in [3.05, 3.63) is 28.9 Å². The van der Waals surface area contributed by atoms with E-state index in [1.54, 1.807) is 0 Å². The number of nitrogens with zero attached hydrogens (tertiary/aromatic N) is 3. The molecule has 0 saturated heterocycles. The van der Waals surface area contributed by atoms with Gasteiger partial charge in [0.25, 0.3) is 0 Å². The van der Waals surface area contributed by atoms with Crippen LogP contribution < -0.4 is 0 Å². The molecule has 0 aliphatic heterocycles. The molecule has 0 N–H and O–H groups in total. The van der Waals surface area contributed by atoms with Crippen LogP contribution in [0.3, 0.4) is 0 Å². The third-order valence-corrected chi connectivity index (χ3v) is 0.153. The maximum Gasteiger partial charge on any atom is 0 e. The van der Waals surface area contributed by atoms with Crippen LogP contribution in [0.5, 0.6) is 0 Å². The van der Waals surface area contributed by atoms with E-state index >= 15 is 0 Å². The quantitative estimate of drug-likeness (QED) is 0.537. The van der Waals surface area contributed by atoms with Crippen LogP contribution in [0.15, 0.2) is 6.08 Å². The van der Waals surface area contributed by atoms with Crippen LogP contribution in [0.4, 0.5) is 0 Å². The molecule has 0 unspecified atom stereocenters. The van der Waals surface area contributed by atoms with E-state index in [2.05, 4.69) is 6.58 Å². The second-order valence-corrected chi connectivity index (χ2v) is 0.640. The second-order valence-electron chi connectivity index (χ2n) is 0.640. The Bertz CT molecular complexity index is 66.2. The Balaban J connectivity index is -0.0000000720. The molecule has 0 atom stereocenters. The molecule has 0 bridgehead atoms. The third kappa shape index (κ3) is 110. The van der Waals surface area contributed by atoms with Crippen molar-refractivity contribution in [2.75, 3.05) is 0 Å². The maximum atomic E-state index is 7.57. The van der Waals surface area contributed by atoms with E-state index in [0.29, 0.717) is 12.4 Å². The van der Waals surface area contributed by atoms with Gasteiger partial charge in [-0.3, -0.25) is 12.7 Å². The molecule has 0 saturated carbocycles.